The Labute approximate surface area is 126 Å². The van der Waals surface area contributed by atoms with Crippen LogP contribution in [-0.2, 0) is 6.61 Å². The van der Waals surface area contributed by atoms with Crippen molar-refractivity contribution in [1.29, 1.82) is 0 Å². The molecule has 21 heavy (non-hydrogen) atoms. The number of hydrogen-bond donors (Lipinski definition) is 1. The van der Waals surface area contributed by atoms with Gasteiger partial charge in [-0.2, -0.15) is 0 Å². The van der Waals surface area contributed by atoms with E-state index >= 15 is 0 Å². The van der Waals surface area contributed by atoms with Gasteiger partial charge in [-0.15, -0.1) is 0 Å². The monoisotopic (exact) mass is 307 g/mol. The van der Waals surface area contributed by atoms with Gasteiger partial charge in [-0.25, -0.2) is 4.98 Å². The fourth-order valence-corrected chi connectivity index (χ4v) is 1.91. The van der Waals surface area contributed by atoms with E-state index in [0.717, 1.165) is 12.4 Å². The van der Waals surface area contributed by atoms with Crippen molar-refractivity contribution < 1.29 is 9.66 Å². The van der Waals surface area contributed by atoms with Crippen LogP contribution >= 0.6 is 11.6 Å². The number of aromatic nitrogens is 1. The molecule has 0 atom stereocenters. The molecule has 0 aliphatic rings. The molecule has 7 heteroatoms. The Morgan fingerprint density at radius 1 is 1.38 bits per heavy atom. The van der Waals surface area contributed by atoms with Crippen LogP contribution < -0.4 is 10.1 Å². The van der Waals surface area contributed by atoms with E-state index in [-0.39, 0.29) is 18.0 Å². The van der Waals surface area contributed by atoms with Crippen molar-refractivity contribution in [3.63, 3.8) is 0 Å². The quantitative estimate of drug-likeness (QED) is 0.651. The number of hydrogen-bond acceptors (Lipinski definition) is 5. The molecule has 6 nitrogen and oxygen atoms in total. The van der Waals surface area contributed by atoms with Crippen molar-refractivity contribution >= 4 is 23.1 Å². The highest BCUT2D eigenvalue weighted by Crippen LogP contribution is 2.30. The van der Waals surface area contributed by atoms with Crippen molar-refractivity contribution in [2.45, 2.75) is 13.5 Å². The number of rotatable bonds is 6. The number of benzene rings is 1. The molecule has 1 aromatic carbocycles. The second-order valence-electron chi connectivity index (χ2n) is 4.20. The molecule has 0 fully saturated rings. The zero-order valence-electron chi connectivity index (χ0n) is 11.4. The van der Waals surface area contributed by atoms with E-state index in [1.54, 1.807) is 12.1 Å². The Morgan fingerprint density at radius 2 is 2.19 bits per heavy atom. The molecule has 0 aliphatic heterocycles. The Kier molecular flexibility index (Phi) is 4.94. The van der Waals surface area contributed by atoms with Crippen molar-refractivity contribution in [2.24, 2.45) is 0 Å². The van der Waals surface area contributed by atoms with Gasteiger partial charge < -0.3 is 10.1 Å². The first kappa shape index (κ1) is 15.1. The van der Waals surface area contributed by atoms with Crippen LogP contribution in [0.1, 0.15) is 12.6 Å². The summed E-state index contributed by atoms with van der Waals surface area (Å²) in [4.78, 5) is 14.8. The van der Waals surface area contributed by atoms with Crippen LogP contribution in [0.3, 0.4) is 0 Å². The summed E-state index contributed by atoms with van der Waals surface area (Å²) in [5, 5.41) is 14.3. The molecule has 0 unspecified atom stereocenters. The van der Waals surface area contributed by atoms with Crippen LogP contribution in [0.25, 0.3) is 0 Å². The van der Waals surface area contributed by atoms with Gasteiger partial charge in [0.15, 0.2) is 5.75 Å². The van der Waals surface area contributed by atoms with E-state index < -0.39 is 4.92 Å². The maximum atomic E-state index is 11.0. The highest BCUT2D eigenvalue weighted by Gasteiger charge is 2.15. The fourth-order valence-electron chi connectivity index (χ4n) is 1.75. The predicted molar refractivity (Wildman–Crippen MR) is 80.8 cm³/mol. The topological polar surface area (TPSA) is 77.3 Å². The molecular weight excluding hydrogens is 294 g/mol. The van der Waals surface area contributed by atoms with Gasteiger partial charge in [0.05, 0.1) is 10.6 Å². The van der Waals surface area contributed by atoms with E-state index in [9.17, 15) is 10.1 Å². The van der Waals surface area contributed by atoms with Gasteiger partial charge in [0.25, 0.3) is 0 Å². The number of nitrogens with zero attached hydrogens (tertiary/aromatic N) is 2. The summed E-state index contributed by atoms with van der Waals surface area (Å²) in [6.07, 6.45) is 0. The Bertz CT molecular complexity index is 649. The van der Waals surface area contributed by atoms with Crippen LogP contribution in [0.15, 0.2) is 36.4 Å². The molecule has 2 rings (SSSR count). The summed E-state index contributed by atoms with van der Waals surface area (Å²) in [6, 6.07) is 9.78. The zero-order chi connectivity index (χ0) is 15.2. The van der Waals surface area contributed by atoms with E-state index in [1.165, 1.54) is 12.1 Å². The SMILES string of the molecule is CCNc1cccc(COc2ccc(Cl)cc2[N+](=O)[O-])n1. The number of nitrogens with one attached hydrogen (secondary N) is 1. The summed E-state index contributed by atoms with van der Waals surface area (Å²) >= 11 is 5.75. The predicted octanol–water partition coefficient (Wildman–Crippen LogP) is 3.65. The smallest absolute Gasteiger partial charge is 0.312 e. The van der Waals surface area contributed by atoms with Gasteiger partial charge in [-0.05, 0) is 31.2 Å². The Morgan fingerprint density at radius 3 is 2.90 bits per heavy atom. The number of nitro benzene ring substituents is 1. The average Bonchev–Trinajstić information content (AvgIpc) is 2.46. The average molecular weight is 308 g/mol. The summed E-state index contributed by atoms with van der Waals surface area (Å²) in [5.41, 5.74) is 0.517. The minimum atomic E-state index is -0.524. The van der Waals surface area contributed by atoms with Crippen molar-refractivity contribution in [1.82, 2.24) is 4.98 Å². The lowest BCUT2D eigenvalue weighted by Gasteiger charge is -2.08. The molecule has 1 heterocycles. The third-order valence-corrected chi connectivity index (χ3v) is 2.89. The second-order valence-corrected chi connectivity index (χ2v) is 4.64. The molecule has 1 N–H and O–H groups in total. The minimum absolute atomic E-state index is 0.141. The first-order valence-electron chi connectivity index (χ1n) is 6.36. The molecule has 1 aromatic heterocycles. The second kappa shape index (κ2) is 6.90. The van der Waals surface area contributed by atoms with Crippen molar-refractivity contribution in [2.75, 3.05) is 11.9 Å². The molecule has 0 bridgehead atoms. The van der Waals surface area contributed by atoms with Gasteiger partial charge in [0.2, 0.25) is 0 Å². The Hall–Kier alpha value is -2.34. The first-order chi connectivity index (χ1) is 10.1. The lowest BCUT2D eigenvalue weighted by molar-refractivity contribution is -0.385. The molecular formula is C14H14ClN3O3. The van der Waals surface area contributed by atoms with Gasteiger partial charge >= 0.3 is 5.69 Å². The van der Waals surface area contributed by atoms with Crippen molar-refractivity contribution in [3.05, 3.63) is 57.2 Å². The number of halogens is 1. The molecule has 0 radical (unpaired) electrons. The summed E-state index contributed by atoms with van der Waals surface area (Å²) in [7, 11) is 0. The Balaban J connectivity index is 2.13. The highest BCUT2D eigenvalue weighted by atomic mass is 35.5. The van der Waals surface area contributed by atoms with Crippen LogP contribution in [-0.4, -0.2) is 16.5 Å². The number of anilines is 1. The number of nitro groups is 1. The van der Waals surface area contributed by atoms with E-state index in [2.05, 4.69) is 10.3 Å². The fraction of sp³-hybridized carbons (Fsp3) is 0.214. The van der Waals surface area contributed by atoms with Gasteiger partial charge in [-0.3, -0.25) is 10.1 Å². The molecule has 0 saturated heterocycles. The highest BCUT2D eigenvalue weighted by molar-refractivity contribution is 6.30. The maximum Gasteiger partial charge on any atom is 0.312 e. The zero-order valence-corrected chi connectivity index (χ0v) is 12.1. The molecule has 0 saturated carbocycles. The number of pyridine rings is 1. The molecule has 2 aromatic rings. The molecule has 0 amide bonds. The maximum absolute atomic E-state index is 11.0. The molecule has 110 valence electrons. The van der Waals surface area contributed by atoms with E-state index in [4.69, 9.17) is 16.3 Å². The van der Waals surface area contributed by atoms with E-state index in [0.29, 0.717) is 10.7 Å². The largest absolute Gasteiger partial charge is 0.480 e. The normalized spacial score (nSPS) is 10.2. The van der Waals surface area contributed by atoms with Crippen LogP contribution in [0.2, 0.25) is 5.02 Å². The van der Waals surface area contributed by atoms with Gasteiger partial charge in [0.1, 0.15) is 12.4 Å². The lowest BCUT2D eigenvalue weighted by Crippen LogP contribution is -2.04. The van der Waals surface area contributed by atoms with Crippen molar-refractivity contribution in [3.8, 4) is 5.75 Å². The summed E-state index contributed by atoms with van der Waals surface area (Å²) < 4.78 is 5.48. The summed E-state index contributed by atoms with van der Waals surface area (Å²) in [5.74, 6) is 0.907. The van der Waals surface area contributed by atoms with Crippen LogP contribution in [0.4, 0.5) is 11.5 Å². The third kappa shape index (κ3) is 4.06. The minimum Gasteiger partial charge on any atom is -0.480 e. The van der Waals surface area contributed by atoms with Gasteiger partial charge in [-0.1, -0.05) is 17.7 Å². The summed E-state index contributed by atoms with van der Waals surface area (Å²) in [6.45, 7) is 2.88. The third-order valence-electron chi connectivity index (χ3n) is 2.66. The van der Waals surface area contributed by atoms with E-state index in [1.807, 2.05) is 19.1 Å². The first-order valence-corrected chi connectivity index (χ1v) is 6.74. The van der Waals surface area contributed by atoms with Crippen LogP contribution in [0, 0.1) is 10.1 Å². The molecule has 0 spiro atoms. The lowest BCUT2D eigenvalue weighted by atomic mass is 10.3. The number of ether oxygens (including phenoxy) is 1. The van der Waals surface area contributed by atoms with Gasteiger partial charge in [0, 0.05) is 17.6 Å². The standard InChI is InChI=1S/C14H14ClN3O3/c1-2-16-14-5-3-4-11(17-14)9-21-13-7-6-10(15)8-12(13)18(19)20/h3-8H,2,9H2,1H3,(H,16,17). The molecule has 0 aliphatic carbocycles. The van der Waals surface area contributed by atoms with Crippen LogP contribution in [0.5, 0.6) is 5.75 Å².